The van der Waals surface area contributed by atoms with Gasteiger partial charge in [-0.3, -0.25) is 9.79 Å². The Morgan fingerprint density at radius 3 is 2.60 bits per heavy atom. The van der Waals surface area contributed by atoms with Gasteiger partial charge in [0.15, 0.2) is 17.5 Å². The van der Waals surface area contributed by atoms with Crippen LogP contribution in [-0.2, 0) is 24.4 Å². The Labute approximate surface area is 193 Å². The summed E-state index contributed by atoms with van der Waals surface area (Å²) in [6.45, 7) is 3.05. The van der Waals surface area contributed by atoms with Crippen molar-refractivity contribution in [1.82, 2.24) is 15.5 Å². The Morgan fingerprint density at radius 1 is 1.07 bits per heavy atom. The molecule has 2 aromatic carbocycles. The van der Waals surface area contributed by atoms with E-state index in [-0.39, 0.29) is 36.7 Å². The number of rotatable bonds is 6. The Bertz CT molecular complexity index is 919. The second-order valence-corrected chi connectivity index (χ2v) is 7.15. The van der Waals surface area contributed by atoms with Crippen LogP contribution in [0.5, 0.6) is 11.5 Å². The minimum Gasteiger partial charge on any atom is -0.454 e. The third kappa shape index (κ3) is 5.35. The van der Waals surface area contributed by atoms with Crippen LogP contribution in [0, 0.1) is 0 Å². The van der Waals surface area contributed by atoms with E-state index in [2.05, 4.69) is 27.8 Å². The number of halogens is 1. The van der Waals surface area contributed by atoms with Gasteiger partial charge in [0.2, 0.25) is 12.7 Å². The summed E-state index contributed by atoms with van der Waals surface area (Å²) in [5.41, 5.74) is 3.42. The minimum absolute atomic E-state index is 0. The number of likely N-dealkylation sites (tertiary alicyclic amines) is 1. The first-order chi connectivity index (χ1) is 14.2. The Morgan fingerprint density at radius 2 is 1.83 bits per heavy atom. The van der Waals surface area contributed by atoms with Crippen molar-refractivity contribution >= 4 is 35.8 Å². The minimum atomic E-state index is 0. The van der Waals surface area contributed by atoms with Crippen LogP contribution >= 0.6 is 24.0 Å². The molecule has 2 aromatic rings. The molecule has 2 aliphatic rings. The van der Waals surface area contributed by atoms with Gasteiger partial charge < -0.3 is 25.0 Å². The molecule has 1 saturated heterocycles. The van der Waals surface area contributed by atoms with Crippen LogP contribution in [0.3, 0.4) is 0 Å². The maximum atomic E-state index is 12.0. The van der Waals surface area contributed by atoms with E-state index in [1.165, 1.54) is 11.1 Å². The molecular weight excluding hydrogens is 495 g/mol. The van der Waals surface area contributed by atoms with Gasteiger partial charge in [0.1, 0.15) is 0 Å². The number of nitrogens with one attached hydrogen (secondary N) is 2. The number of aliphatic imine (C=N–C) groups is 1. The molecule has 0 aliphatic carbocycles. The highest BCUT2D eigenvalue weighted by Gasteiger charge is 2.21. The number of fused-ring (bicyclic) bond motifs is 1. The molecule has 8 heteroatoms. The molecule has 7 nitrogen and oxygen atoms in total. The van der Waals surface area contributed by atoms with Gasteiger partial charge in [-0.05, 0) is 35.2 Å². The lowest BCUT2D eigenvalue weighted by Gasteiger charge is -2.19. The highest BCUT2D eigenvalue weighted by Crippen LogP contribution is 2.32. The van der Waals surface area contributed by atoms with Crippen molar-refractivity contribution in [3.05, 3.63) is 59.2 Å². The van der Waals surface area contributed by atoms with E-state index in [9.17, 15) is 4.79 Å². The van der Waals surface area contributed by atoms with Crippen LogP contribution in [0.15, 0.2) is 47.5 Å². The summed E-state index contributed by atoms with van der Waals surface area (Å²) in [5.74, 6) is 2.52. The summed E-state index contributed by atoms with van der Waals surface area (Å²) in [6, 6.07) is 14.1. The molecule has 0 spiro atoms. The number of hydrogen-bond donors (Lipinski definition) is 2. The van der Waals surface area contributed by atoms with Crippen molar-refractivity contribution in [1.29, 1.82) is 0 Å². The molecule has 30 heavy (non-hydrogen) atoms. The Kier molecular flexibility index (Phi) is 7.78. The highest BCUT2D eigenvalue weighted by molar-refractivity contribution is 14.0. The molecule has 2 N–H and O–H groups in total. The number of ether oxygens (including phenoxy) is 2. The molecule has 0 radical (unpaired) electrons. The lowest BCUT2D eigenvalue weighted by molar-refractivity contribution is -0.128. The fraction of sp³-hybridized carbons (Fsp3) is 0.364. The first-order valence-electron chi connectivity index (χ1n) is 9.90. The van der Waals surface area contributed by atoms with Crippen molar-refractivity contribution in [2.75, 3.05) is 20.4 Å². The van der Waals surface area contributed by atoms with Gasteiger partial charge in [-0.1, -0.05) is 30.3 Å². The van der Waals surface area contributed by atoms with Crippen molar-refractivity contribution in [2.45, 2.75) is 32.5 Å². The van der Waals surface area contributed by atoms with Gasteiger partial charge in [0.25, 0.3) is 0 Å². The van der Waals surface area contributed by atoms with E-state index >= 15 is 0 Å². The molecule has 0 aromatic heterocycles. The van der Waals surface area contributed by atoms with Crippen molar-refractivity contribution in [3.63, 3.8) is 0 Å². The Hall–Kier alpha value is -2.49. The van der Waals surface area contributed by atoms with Crippen LogP contribution in [0.1, 0.15) is 29.5 Å². The summed E-state index contributed by atoms with van der Waals surface area (Å²) in [4.78, 5) is 18.2. The maximum absolute atomic E-state index is 12.0. The number of carbonyl (C=O) groups is 1. The van der Waals surface area contributed by atoms with Gasteiger partial charge in [-0.25, -0.2) is 0 Å². The van der Waals surface area contributed by atoms with Crippen molar-refractivity contribution in [2.24, 2.45) is 4.99 Å². The number of amides is 1. The molecule has 2 aliphatic heterocycles. The fourth-order valence-electron chi connectivity index (χ4n) is 3.60. The third-order valence-corrected chi connectivity index (χ3v) is 5.22. The molecule has 1 amide bonds. The first kappa shape index (κ1) is 22.2. The lowest BCUT2D eigenvalue weighted by atomic mass is 10.1. The monoisotopic (exact) mass is 522 g/mol. The predicted molar refractivity (Wildman–Crippen MR) is 126 cm³/mol. The van der Waals surface area contributed by atoms with E-state index < -0.39 is 0 Å². The van der Waals surface area contributed by atoms with Crippen LogP contribution in [0.25, 0.3) is 0 Å². The topological polar surface area (TPSA) is 75.2 Å². The summed E-state index contributed by atoms with van der Waals surface area (Å²) >= 11 is 0. The largest absolute Gasteiger partial charge is 0.454 e. The zero-order valence-electron chi connectivity index (χ0n) is 17.0. The summed E-state index contributed by atoms with van der Waals surface area (Å²) in [5, 5.41) is 6.69. The molecule has 160 valence electrons. The van der Waals surface area contributed by atoms with Crippen LogP contribution in [0.4, 0.5) is 0 Å². The number of hydrogen-bond acceptors (Lipinski definition) is 4. The van der Waals surface area contributed by atoms with E-state index in [0.29, 0.717) is 26.1 Å². The number of benzene rings is 2. The van der Waals surface area contributed by atoms with E-state index in [0.717, 1.165) is 36.0 Å². The lowest BCUT2D eigenvalue weighted by Crippen LogP contribution is -2.36. The summed E-state index contributed by atoms with van der Waals surface area (Å²) < 4.78 is 10.8. The number of carbonyl (C=O) groups excluding carboxylic acids is 1. The first-order valence-corrected chi connectivity index (χ1v) is 9.90. The SMILES string of the molecule is CN=C(NCc1ccc2c(c1)OCO2)NCc1ccccc1CN1CCCC1=O.I. The van der Waals surface area contributed by atoms with E-state index in [1.807, 2.05) is 35.2 Å². The molecule has 1 fully saturated rings. The smallest absolute Gasteiger partial charge is 0.231 e. The zero-order valence-corrected chi connectivity index (χ0v) is 19.3. The van der Waals surface area contributed by atoms with E-state index in [4.69, 9.17) is 9.47 Å². The molecule has 0 bridgehead atoms. The van der Waals surface area contributed by atoms with Gasteiger partial charge in [-0.2, -0.15) is 0 Å². The molecule has 0 atom stereocenters. The molecule has 4 rings (SSSR count). The zero-order chi connectivity index (χ0) is 20.1. The summed E-state index contributed by atoms with van der Waals surface area (Å²) in [6.07, 6.45) is 1.62. The normalized spacial score (nSPS) is 15.2. The van der Waals surface area contributed by atoms with Gasteiger partial charge in [-0.15, -0.1) is 24.0 Å². The standard InChI is InChI=1S/C22H26N4O3.HI/c1-23-22(24-12-16-8-9-19-20(11-16)29-15-28-19)25-13-17-5-2-3-6-18(17)14-26-10-4-7-21(26)27;/h2-3,5-6,8-9,11H,4,7,10,12-15H2,1H3,(H2,23,24,25);1H. The number of guanidine groups is 1. The van der Waals surface area contributed by atoms with Crippen LogP contribution < -0.4 is 20.1 Å². The average molecular weight is 522 g/mol. The Balaban J connectivity index is 0.00000256. The molecule has 0 unspecified atom stereocenters. The molecule has 0 saturated carbocycles. The van der Waals surface area contributed by atoms with Gasteiger partial charge >= 0.3 is 0 Å². The van der Waals surface area contributed by atoms with Gasteiger partial charge in [0, 0.05) is 39.6 Å². The fourth-order valence-corrected chi connectivity index (χ4v) is 3.60. The van der Waals surface area contributed by atoms with Crippen molar-refractivity contribution in [3.8, 4) is 11.5 Å². The predicted octanol–water partition coefficient (Wildman–Crippen LogP) is 3.02. The second kappa shape index (κ2) is 10.5. The maximum Gasteiger partial charge on any atom is 0.231 e. The van der Waals surface area contributed by atoms with Crippen LogP contribution in [0.2, 0.25) is 0 Å². The quantitative estimate of drug-likeness (QED) is 0.347. The second-order valence-electron chi connectivity index (χ2n) is 7.15. The molecule has 2 heterocycles. The number of nitrogens with zero attached hydrogens (tertiary/aromatic N) is 2. The third-order valence-electron chi connectivity index (χ3n) is 5.22. The van der Waals surface area contributed by atoms with Gasteiger partial charge in [0.05, 0.1) is 0 Å². The van der Waals surface area contributed by atoms with E-state index in [1.54, 1.807) is 7.05 Å². The summed E-state index contributed by atoms with van der Waals surface area (Å²) in [7, 11) is 1.75. The van der Waals surface area contributed by atoms with Crippen LogP contribution in [-0.4, -0.2) is 37.2 Å². The molecular formula is C22H27IN4O3. The average Bonchev–Trinajstić information content (AvgIpc) is 3.37. The highest BCUT2D eigenvalue weighted by atomic mass is 127. The van der Waals surface area contributed by atoms with Crippen molar-refractivity contribution < 1.29 is 14.3 Å².